The van der Waals surface area contributed by atoms with Crippen LogP contribution in [-0.2, 0) is 0 Å². The number of aromatic nitrogens is 4. The highest BCUT2D eigenvalue weighted by molar-refractivity contribution is 6.01. The number of nitrogens with zero attached hydrogens (tertiary/aromatic N) is 3. The van der Waals surface area contributed by atoms with E-state index in [-0.39, 0.29) is 12.1 Å². The molecule has 0 aromatic carbocycles. The average Bonchev–Trinajstić information content (AvgIpc) is 3.23. The molecule has 1 atom stereocenters. The van der Waals surface area contributed by atoms with Crippen molar-refractivity contribution in [3.05, 3.63) is 24.3 Å². The van der Waals surface area contributed by atoms with Crippen molar-refractivity contribution in [1.82, 2.24) is 24.8 Å². The summed E-state index contributed by atoms with van der Waals surface area (Å²) in [5, 5.41) is 13.8. The second-order valence-corrected chi connectivity index (χ2v) is 7.25. The highest BCUT2D eigenvalue weighted by atomic mass is 19.4. The molecule has 3 aromatic heterocycles. The molecule has 0 saturated heterocycles. The van der Waals surface area contributed by atoms with Gasteiger partial charge in [0, 0.05) is 23.7 Å². The monoisotopic (exact) mass is 381 g/mol. The van der Waals surface area contributed by atoms with Gasteiger partial charge in [0.15, 0.2) is 0 Å². The van der Waals surface area contributed by atoms with E-state index in [4.69, 9.17) is 0 Å². The molecule has 0 unspecified atom stereocenters. The molecular formula is C18H22F3N5O. The molecule has 3 heterocycles. The lowest BCUT2D eigenvalue weighted by atomic mass is 9.90. The summed E-state index contributed by atoms with van der Waals surface area (Å²) in [7, 11) is 0. The summed E-state index contributed by atoms with van der Waals surface area (Å²) >= 11 is 0. The summed E-state index contributed by atoms with van der Waals surface area (Å²) in [4.78, 5) is 12.0. The number of halogens is 3. The van der Waals surface area contributed by atoms with Gasteiger partial charge in [0.25, 0.3) is 0 Å². The van der Waals surface area contributed by atoms with Gasteiger partial charge in [-0.15, -0.1) is 0 Å². The van der Waals surface area contributed by atoms with Crippen LogP contribution in [0.4, 0.5) is 13.2 Å². The maximum Gasteiger partial charge on any atom is 0.401 e. The number of imidazole rings is 1. The molecule has 0 spiro atoms. The lowest BCUT2D eigenvalue weighted by Crippen LogP contribution is -2.39. The molecule has 1 aliphatic carbocycles. The minimum Gasteiger partial charge on any atom is -0.385 e. The van der Waals surface area contributed by atoms with E-state index in [2.05, 4.69) is 24.8 Å². The highest BCUT2D eigenvalue weighted by Crippen LogP contribution is 2.36. The summed E-state index contributed by atoms with van der Waals surface area (Å²) < 4.78 is 39.4. The number of fused-ring (bicyclic) bond motifs is 3. The third-order valence-corrected chi connectivity index (χ3v) is 5.29. The first-order chi connectivity index (χ1) is 12.8. The number of H-pyrrole nitrogens is 1. The summed E-state index contributed by atoms with van der Waals surface area (Å²) in [6.07, 6.45) is 1.34. The first-order valence-corrected chi connectivity index (χ1v) is 9.15. The number of aliphatic hydroxyl groups is 1. The van der Waals surface area contributed by atoms with Gasteiger partial charge in [-0.25, -0.2) is 9.97 Å². The van der Waals surface area contributed by atoms with E-state index in [9.17, 15) is 18.3 Å². The minimum absolute atomic E-state index is 0.0871. The van der Waals surface area contributed by atoms with E-state index in [1.54, 1.807) is 13.1 Å². The summed E-state index contributed by atoms with van der Waals surface area (Å²) in [6.45, 7) is 0.723. The Morgan fingerprint density at radius 2 is 2.07 bits per heavy atom. The predicted octanol–water partition coefficient (Wildman–Crippen LogP) is 3.60. The summed E-state index contributed by atoms with van der Waals surface area (Å²) in [5.41, 5.74) is 2.39. The van der Waals surface area contributed by atoms with Crippen molar-refractivity contribution in [2.24, 2.45) is 0 Å². The van der Waals surface area contributed by atoms with Crippen molar-refractivity contribution >= 4 is 22.1 Å². The number of hydrogen-bond donors (Lipinski definition) is 3. The quantitative estimate of drug-likeness (QED) is 0.645. The first kappa shape index (κ1) is 18.2. The standard InChI is InChI=1S/C18H22F3N5O/c1-10(27)17-25-14-8-23-16-13(6-7-22-16)15(14)26(17)12-4-2-11(3-5-12)24-9-18(19,20)21/h6-8,10-12,24,27H,2-5,9H2,1H3,(H,22,23)/t10-,11-,12-/m1/s1. The maximum absolute atomic E-state index is 12.4. The molecule has 1 saturated carbocycles. The van der Waals surface area contributed by atoms with Crippen molar-refractivity contribution in [2.45, 2.75) is 57.0 Å². The Morgan fingerprint density at radius 3 is 2.74 bits per heavy atom. The second-order valence-electron chi connectivity index (χ2n) is 7.25. The van der Waals surface area contributed by atoms with Crippen LogP contribution in [0.15, 0.2) is 18.5 Å². The molecule has 6 nitrogen and oxygen atoms in total. The van der Waals surface area contributed by atoms with Crippen LogP contribution in [-0.4, -0.2) is 43.4 Å². The molecule has 0 bridgehead atoms. The molecule has 3 aromatic rings. The number of aromatic amines is 1. The Kier molecular flexibility index (Phi) is 4.59. The van der Waals surface area contributed by atoms with Gasteiger partial charge in [-0.05, 0) is 38.7 Å². The van der Waals surface area contributed by atoms with Crippen LogP contribution in [0.25, 0.3) is 22.1 Å². The summed E-state index contributed by atoms with van der Waals surface area (Å²) in [5.74, 6) is 0.576. The molecule has 9 heteroatoms. The zero-order valence-corrected chi connectivity index (χ0v) is 14.9. The number of hydrogen-bond acceptors (Lipinski definition) is 4. The van der Waals surface area contributed by atoms with Gasteiger partial charge in [0.1, 0.15) is 23.1 Å². The largest absolute Gasteiger partial charge is 0.401 e. The van der Waals surface area contributed by atoms with Crippen molar-refractivity contribution in [3.8, 4) is 0 Å². The van der Waals surface area contributed by atoms with E-state index in [0.717, 1.165) is 34.9 Å². The molecule has 3 N–H and O–H groups in total. The van der Waals surface area contributed by atoms with Crippen LogP contribution in [0.5, 0.6) is 0 Å². The fourth-order valence-corrected chi connectivity index (χ4v) is 4.07. The average molecular weight is 381 g/mol. The zero-order chi connectivity index (χ0) is 19.2. The minimum atomic E-state index is -4.19. The van der Waals surface area contributed by atoms with Crippen LogP contribution >= 0.6 is 0 Å². The Balaban J connectivity index is 1.63. The maximum atomic E-state index is 12.4. The van der Waals surface area contributed by atoms with E-state index < -0.39 is 18.8 Å². The van der Waals surface area contributed by atoms with E-state index in [0.29, 0.717) is 18.7 Å². The Labute approximate surface area is 153 Å². The molecule has 0 aliphatic heterocycles. The lowest BCUT2D eigenvalue weighted by molar-refractivity contribution is -0.126. The smallest absolute Gasteiger partial charge is 0.385 e. The zero-order valence-electron chi connectivity index (χ0n) is 14.9. The predicted molar refractivity (Wildman–Crippen MR) is 95.4 cm³/mol. The number of aliphatic hydroxyl groups excluding tert-OH is 1. The summed E-state index contributed by atoms with van der Waals surface area (Å²) in [6, 6.07) is 1.89. The van der Waals surface area contributed by atoms with Crippen LogP contribution in [0, 0.1) is 0 Å². The number of pyridine rings is 1. The third-order valence-electron chi connectivity index (χ3n) is 5.29. The van der Waals surface area contributed by atoms with Gasteiger partial charge < -0.3 is 20.0 Å². The van der Waals surface area contributed by atoms with Crippen LogP contribution in [0.1, 0.15) is 50.6 Å². The Hall–Kier alpha value is -2.13. The fraction of sp³-hybridized carbons (Fsp3) is 0.556. The first-order valence-electron chi connectivity index (χ1n) is 9.15. The number of alkyl halides is 3. The molecule has 1 fully saturated rings. The topological polar surface area (TPSA) is 78.8 Å². The number of rotatable bonds is 4. The van der Waals surface area contributed by atoms with Crippen molar-refractivity contribution in [1.29, 1.82) is 0 Å². The second kappa shape index (κ2) is 6.79. The molecule has 146 valence electrons. The molecule has 0 amide bonds. The fourth-order valence-electron chi connectivity index (χ4n) is 4.07. The third kappa shape index (κ3) is 3.53. The van der Waals surface area contributed by atoms with E-state index in [1.807, 2.05) is 12.3 Å². The molecule has 1 aliphatic rings. The normalized spacial score (nSPS) is 22.6. The highest BCUT2D eigenvalue weighted by Gasteiger charge is 2.31. The van der Waals surface area contributed by atoms with Crippen molar-refractivity contribution < 1.29 is 18.3 Å². The van der Waals surface area contributed by atoms with Gasteiger partial charge in [-0.2, -0.15) is 13.2 Å². The van der Waals surface area contributed by atoms with Gasteiger partial charge in [-0.1, -0.05) is 0 Å². The number of nitrogens with one attached hydrogen (secondary N) is 2. The van der Waals surface area contributed by atoms with Gasteiger partial charge in [-0.3, -0.25) is 0 Å². The van der Waals surface area contributed by atoms with Crippen LogP contribution in [0.3, 0.4) is 0 Å². The molecule has 27 heavy (non-hydrogen) atoms. The Bertz CT molecular complexity index is 938. The molecule has 4 rings (SSSR count). The van der Waals surface area contributed by atoms with Gasteiger partial charge in [0.05, 0.1) is 18.3 Å². The molecular weight excluding hydrogens is 359 g/mol. The van der Waals surface area contributed by atoms with Crippen molar-refractivity contribution in [3.63, 3.8) is 0 Å². The van der Waals surface area contributed by atoms with E-state index in [1.165, 1.54) is 0 Å². The molecule has 0 radical (unpaired) electrons. The Morgan fingerprint density at radius 1 is 1.33 bits per heavy atom. The van der Waals surface area contributed by atoms with Crippen LogP contribution in [0.2, 0.25) is 0 Å². The van der Waals surface area contributed by atoms with E-state index >= 15 is 0 Å². The van der Waals surface area contributed by atoms with Crippen LogP contribution < -0.4 is 5.32 Å². The SMILES string of the molecule is C[C@@H](O)c1nc2cnc3[nH]ccc3c2n1[C@H]1CC[C@H](NCC(F)(F)F)CC1. The van der Waals surface area contributed by atoms with Gasteiger partial charge in [0.2, 0.25) is 0 Å². The van der Waals surface area contributed by atoms with Gasteiger partial charge >= 0.3 is 6.18 Å². The van der Waals surface area contributed by atoms with Crippen molar-refractivity contribution in [2.75, 3.05) is 6.54 Å². The lowest BCUT2D eigenvalue weighted by Gasteiger charge is -2.32.